The van der Waals surface area contributed by atoms with Crippen molar-refractivity contribution in [2.24, 2.45) is 0 Å². The molecule has 0 spiro atoms. The Bertz CT molecular complexity index is 810. The number of carbonyl (C=O) groups excluding carboxylic acids is 1. The summed E-state index contributed by atoms with van der Waals surface area (Å²) < 4.78 is 12.7. The maximum Gasteiger partial charge on any atom is 0.347 e. The van der Waals surface area contributed by atoms with Crippen LogP contribution < -0.4 is 4.74 Å². The molecule has 0 aliphatic carbocycles. The summed E-state index contributed by atoms with van der Waals surface area (Å²) >= 11 is 3.48. The molecule has 2 aliphatic heterocycles. The number of rotatable bonds is 4. The highest BCUT2D eigenvalue weighted by atomic mass is 79.9. The SMILES string of the molecule is CC(Oc1ccc2cc(Br)ccc2c1)C(=O)OC1CC2CCC(C1)N2C. The van der Waals surface area contributed by atoms with E-state index >= 15 is 0 Å². The van der Waals surface area contributed by atoms with Gasteiger partial charge in [0.1, 0.15) is 11.9 Å². The highest BCUT2D eigenvalue weighted by Crippen LogP contribution is 2.35. The number of hydrogen-bond donors (Lipinski definition) is 0. The summed E-state index contributed by atoms with van der Waals surface area (Å²) in [4.78, 5) is 14.9. The highest BCUT2D eigenvalue weighted by Gasteiger charge is 2.40. The zero-order valence-corrected chi connectivity index (χ0v) is 16.7. The first-order valence-electron chi connectivity index (χ1n) is 9.28. The van der Waals surface area contributed by atoms with Crippen molar-refractivity contribution >= 4 is 32.7 Å². The van der Waals surface area contributed by atoms with E-state index < -0.39 is 6.10 Å². The van der Waals surface area contributed by atoms with Gasteiger partial charge in [0.2, 0.25) is 0 Å². The summed E-state index contributed by atoms with van der Waals surface area (Å²) in [7, 11) is 2.18. The molecule has 5 heteroatoms. The second kappa shape index (κ2) is 7.20. The summed E-state index contributed by atoms with van der Waals surface area (Å²) in [5.74, 6) is 0.419. The average molecular weight is 418 g/mol. The van der Waals surface area contributed by atoms with Crippen LogP contribution in [0.15, 0.2) is 40.9 Å². The molecule has 4 nitrogen and oxygen atoms in total. The third-order valence-electron chi connectivity index (χ3n) is 5.76. The maximum atomic E-state index is 12.5. The van der Waals surface area contributed by atoms with Crippen LogP contribution in [0.3, 0.4) is 0 Å². The van der Waals surface area contributed by atoms with Crippen LogP contribution in [0, 0.1) is 0 Å². The number of benzene rings is 2. The molecule has 3 atom stereocenters. The van der Waals surface area contributed by atoms with E-state index in [2.05, 4.69) is 33.9 Å². The Labute approximate surface area is 162 Å². The van der Waals surface area contributed by atoms with Gasteiger partial charge in [0.25, 0.3) is 0 Å². The van der Waals surface area contributed by atoms with E-state index in [0.717, 1.165) is 28.1 Å². The largest absolute Gasteiger partial charge is 0.479 e. The number of fused-ring (bicyclic) bond motifs is 3. The van der Waals surface area contributed by atoms with Crippen molar-refractivity contribution in [2.75, 3.05) is 7.05 Å². The molecule has 2 heterocycles. The molecule has 2 aromatic carbocycles. The van der Waals surface area contributed by atoms with E-state index in [9.17, 15) is 4.79 Å². The molecule has 0 aromatic heterocycles. The van der Waals surface area contributed by atoms with E-state index in [1.807, 2.05) is 30.3 Å². The zero-order chi connectivity index (χ0) is 18.3. The van der Waals surface area contributed by atoms with Crippen molar-refractivity contribution in [3.8, 4) is 5.75 Å². The number of piperidine rings is 1. The summed E-state index contributed by atoms with van der Waals surface area (Å²) in [6.45, 7) is 1.76. The Morgan fingerprint density at radius 3 is 2.50 bits per heavy atom. The first-order valence-corrected chi connectivity index (χ1v) is 10.1. The number of hydrogen-bond acceptors (Lipinski definition) is 4. The molecule has 26 heavy (non-hydrogen) atoms. The second-order valence-corrected chi connectivity index (χ2v) is 8.41. The minimum Gasteiger partial charge on any atom is -0.479 e. The van der Waals surface area contributed by atoms with Crippen LogP contribution in [0.5, 0.6) is 5.75 Å². The molecule has 0 amide bonds. The fraction of sp³-hybridized carbons (Fsp3) is 0.476. The Morgan fingerprint density at radius 2 is 1.77 bits per heavy atom. The van der Waals surface area contributed by atoms with Crippen LogP contribution in [0.4, 0.5) is 0 Å². The van der Waals surface area contributed by atoms with Crippen LogP contribution in [0.2, 0.25) is 0 Å². The topological polar surface area (TPSA) is 38.8 Å². The van der Waals surface area contributed by atoms with Gasteiger partial charge in [-0.3, -0.25) is 0 Å². The summed E-state index contributed by atoms with van der Waals surface area (Å²) in [5, 5.41) is 2.21. The minimum absolute atomic E-state index is 0.0243. The van der Waals surface area contributed by atoms with Gasteiger partial charge in [-0.25, -0.2) is 4.79 Å². The fourth-order valence-electron chi connectivity index (χ4n) is 4.24. The van der Waals surface area contributed by atoms with Crippen LogP contribution in [-0.2, 0) is 9.53 Å². The van der Waals surface area contributed by atoms with Crippen molar-refractivity contribution in [1.82, 2.24) is 4.90 Å². The molecule has 2 fully saturated rings. The van der Waals surface area contributed by atoms with Gasteiger partial charge in [-0.15, -0.1) is 0 Å². The van der Waals surface area contributed by atoms with E-state index in [1.165, 1.54) is 12.8 Å². The van der Waals surface area contributed by atoms with Crippen molar-refractivity contribution in [3.05, 3.63) is 40.9 Å². The highest BCUT2D eigenvalue weighted by molar-refractivity contribution is 9.10. The summed E-state index contributed by atoms with van der Waals surface area (Å²) in [5.41, 5.74) is 0. The van der Waals surface area contributed by atoms with E-state index in [4.69, 9.17) is 9.47 Å². The molecular formula is C21H24BrNO3. The maximum absolute atomic E-state index is 12.5. The molecular weight excluding hydrogens is 394 g/mol. The summed E-state index contributed by atoms with van der Waals surface area (Å²) in [6, 6.07) is 13.1. The van der Waals surface area contributed by atoms with Crippen molar-refractivity contribution in [1.29, 1.82) is 0 Å². The van der Waals surface area contributed by atoms with Gasteiger partial charge >= 0.3 is 5.97 Å². The standard InChI is InChI=1S/C21H24BrNO3/c1-13(21(24)26-20-11-17-6-7-18(12-20)23(17)2)25-19-8-4-14-9-16(22)5-3-15(14)10-19/h3-5,8-10,13,17-18,20H,6-7,11-12H2,1-2H3. The lowest BCUT2D eigenvalue weighted by atomic mass is 10.0. The van der Waals surface area contributed by atoms with Gasteiger partial charge < -0.3 is 14.4 Å². The van der Waals surface area contributed by atoms with Crippen molar-refractivity contribution < 1.29 is 14.3 Å². The molecule has 138 valence electrons. The molecule has 0 saturated carbocycles. The number of ether oxygens (including phenoxy) is 2. The van der Waals surface area contributed by atoms with Crippen LogP contribution in [-0.4, -0.2) is 42.2 Å². The lowest BCUT2D eigenvalue weighted by Gasteiger charge is -2.36. The van der Waals surface area contributed by atoms with Gasteiger partial charge in [0.15, 0.2) is 6.10 Å². The molecule has 4 rings (SSSR count). The molecule has 2 aliphatic rings. The predicted octanol–water partition coefficient (Wildman–Crippen LogP) is 4.54. The number of carbonyl (C=O) groups is 1. The van der Waals surface area contributed by atoms with Crippen molar-refractivity contribution in [3.63, 3.8) is 0 Å². The molecule has 2 bridgehead atoms. The zero-order valence-electron chi connectivity index (χ0n) is 15.2. The Hall–Kier alpha value is -1.59. The molecule has 3 unspecified atom stereocenters. The first kappa shape index (κ1) is 17.8. The predicted molar refractivity (Wildman–Crippen MR) is 105 cm³/mol. The van der Waals surface area contributed by atoms with Crippen LogP contribution in [0.25, 0.3) is 10.8 Å². The van der Waals surface area contributed by atoms with Gasteiger partial charge in [-0.1, -0.05) is 28.1 Å². The first-order chi connectivity index (χ1) is 12.5. The van der Waals surface area contributed by atoms with E-state index in [-0.39, 0.29) is 12.1 Å². The molecule has 0 N–H and O–H groups in total. The molecule has 2 saturated heterocycles. The lowest BCUT2D eigenvalue weighted by molar-refractivity contribution is -0.159. The number of esters is 1. The molecule has 2 aromatic rings. The lowest BCUT2D eigenvalue weighted by Crippen LogP contribution is -2.44. The third kappa shape index (κ3) is 3.60. The smallest absolute Gasteiger partial charge is 0.347 e. The second-order valence-electron chi connectivity index (χ2n) is 7.49. The van der Waals surface area contributed by atoms with Crippen molar-refractivity contribution in [2.45, 2.75) is 56.9 Å². The number of halogens is 1. The Kier molecular flexibility index (Phi) is 4.93. The van der Waals surface area contributed by atoms with Gasteiger partial charge in [0.05, 0.1) is 0 Å². The monoisotopic (exact) mass is 417 g/mol. The summed E-state index contributed by atoms with van der Waals surface area (Å²) in [6.07, 6.45) is 3.73. The third-order valence-corrected chi connectivity index (χ3v) is 6.25. The quantitative estimate of drug-likeness (QED) is 0.684. The Morgan fingerprint density at radius 1 is 1.12 bits per heavy atom. The van der Waals surface area contributed by atoms with Gasteiger partial charge in [-0.05, 0) is 74.7 Å². The van der Waals surface area contributed by atoms with E-state index in [0.29, 0.717) is 17.8 Å². The van der Waals surface area contributed by atoms with Gasteiger partial charge in [0, 0.05) is 16.6 Å². The van der Waals surface area contributed by atoms with Gasteiger partial charge in [-0.2, -0.15) is 0 Å². The molecule has 0 radical (unpaired) electrons. The normalized spacial score (nSPS) is 26.7. The Balaban J connectivity index is 1.37. The average Bonchev–Trinajstić information content (AvgIpc) is 2.82. The van der Waals surface area contributed by atoms with E-state index in [1.54, 1.807) is 6.92 Å². The fourth-order valence-corrected chi connectivity index (χ4v) is 4.62. The minimum atomic E-state index is -0.611. The van der Waals surface area contributed by atoms with Crippen LogP contribution >= 0.6 is 15.9 Å². The van der Waals surface area contributed by atoms with Crippen LogP contribution in [0.1, 0.15) is 32.6 Å². The number of nitrogens with zero attached hydrogens (tertiary/aromatic N) is 1.